The lowest BCUT2D eigenvalue weighted by Crippen LogP contribution is -1.97. The van der Waals surface area contributed by atoms with Crippen molar-refractivity contribution >= 4 is 11.9 Å². The highest BCUT2D eigenvalue weighted by atomic mass is 16.4. The molecule has 0 radical (unpaired) electrons. The third-order valence-electron chi connectivity index (χ3n) is 1.79. The monoisotopic (exact) mass is 234 g/mol. The molecule has 0 aliphatic rings. The average Bonchev–Trinajstić information content (AvgIpc) is 2.22. The lowest BCUT2D eigenvalue weighted by molar-refractivity contribution is -0.139. The summed E-state index contributed by atoms with van der Waals surface area (Å²) in [6.45, 7) is 2.48. The van der Waals surface area contributed by atoms with E-state index in [0.717, 1.165) is 12.8 Å². The van der Waals surface area contributed by atoms with E-state index in [1.54, 1.807) is 0 Å². The van der Waals surface area contributed by atoms with Crippen molar-refractivity contribution < 1.29 is 24.9 Å². The molecular weight excluding hydrogens is 212 g/mol. The summed E-state index contributed by atoms with van der Waals surface area (Å²) in [6.07, 6.45) is 4.34. The largest absolute Gasteiger partial charge is 0.481 e. The summed E-state index contributed by atoms with van der Waals surface area (Å²) in [5, 5.41) is 24.5. The maximum atomic E-state index is 9.90. The van der Waals surface area contributed by atoms with Gasteiger partial charge in [-0.05, 0) is 19.3 Å². The predicted octanol–water partition coefficient (Wildman–Crippen LogP) is 1.88. The highest BCUT2D eigenvalue weighted by molar-refractivity contribution is 5.67. The van der Waals surface area contributed by atoms with E-state index in [1.807, 2.05) is 0 Å². The van der Waals surface area contributed by atoms with Crippen molar-refractivity contribution in [2.24, 2.45) is 0 Å². The van der Waals surface area contributed by atoms with Crippen LogP contribution in [0.1, 0.15) is 51.9 Å². The van der Waals surface area contributed by atoms with E-state index in [2.05, 4.69) is 6.92 Å². The zero-order valence-corrected chi connectivity index (χ0v) is 9.81. The number of aliphatic carboxylic acids is 2. The number of carboxylic acids is 2. The number of hydrogen-bond donors (Lipinski definition) is 3. The van der Waals surface area contributed by atoms with Crippen LogP contribution in [-0.4, -0.2) is 33.9 Å². The van der Waals surface area contributed by atoms with Crippen LogP contribution >= 0.6 is 0 Å². The van der Waals surface area contributed by atoms with Gasteiger partial charge in [-0.1, -0.05) is 19.8 Å². The van der Waals surface area contributed by atoms with E-state index < -0.39 is 11.9 Å². The van der Waals surface area contributed by atoms with Gasteiger partial charge < -0.3 is 15.3 Å². The summed E-state index contributed by atoms with van der Waals surface area (Å²) >= 11 is 0. The van der Waals surface area contributed by atoms with Gasteiger partial charge in [0.05, 0.1) is 0 Å². The fraction of sp³-hybridized carbons (Fsp3) is 0.818. The molecule has 16 heavy (non-hydrogen) atoms. The number of aliphatic hydroxyl groups excluding tert-OH is 1. The van der Waals surface area contributed by atoms with Crippen molar-refractivity contribution in [3.63, 3.8) is 0 Å². The zero-order valence-electron chi connectivity index (χ0n) is 9.81. The molecule has 0 aliphatic heterocycles. The molecule has 96 valence electrons. The van der Waals surface area contributed by atoms with Crippen LogP contribution in [0.25, 0.3) is 0 Å². The average molecular weight is 234 g/mol. The minimum Gasteiger partial charge on any atom is -0.481 e. The van der Waals surface area contributed by atoms with Crippen LogP contribution < -0.4 is 0 Å². The molecule has 0 heterocycles. The predicted molar refractivity (Wildman–Crippen MR) is 60.4 cm³/mol. The molecule has 0 aromatic heterocycles. The Morgan fingerprint density at radius 3 is 1.50 bits per heavy atom. The topological polar surface area (TPSA) is 94.8 Å². The molecule has 0 saturated carbocycles. The van der Waals surface area contributed by atoms with Crippen LogP contribution in [0.4, 0.5) is 0 Å². The molecule has 5 nitrogen and oxygen atoms in total. The van der Waals surface area contributed by atoms with Gasteiger partial charge >= 0.3 is 11.9 Å². The van der Waals surface area contributed by atoms with Gasteiger partial charge in [-0.15, -0.1) is 0 Å². The molecule has 0 aliphatic carbocycles. The Morgan fingerprint density at radius 2 is 1.31 bits per heavy atom. The summed E-state index contributed by atoms with van der Waals surface area (Å²) in [4.78, 5) is 19.8. The Kier molecular flexibility index (Phi) is 15.0. The molecule has 0 saturated heterocycles. The van der Waals surface area contributed by atoms with Crippen LogP contribution in [0, 0.1) is 0 Å². The van der Waals surface area contributed by atoms with Crippen molar-refractivity contribution in [2.45, 2.75) is 51.9 Å². The minimum absolute atomic E-state index is 0.0628. The molecule has 0 fully saturated rings. The normalized spacial score (nSPS) is 9.12. The molecule has 0 aromatic rings. The lowest BCUT2D eigenvalue weighted by atomic mass is 10.2. The number of hydrogen-bond acceptors (Lipinski definition) is 3. The van der Waals surface area contributed by atoms with Gasteiger partial charge in [-0.3, -0.25) is 9.59 Å². The minimum atomic E-state index is -0.870. The molecule has 0 aromatic carbocycles. The Balaban J connectivity index is 0. The second-order valence-electron chi connectivity index (χ2n) is 3.43. The van der Waals surface area contributed by atoms with E-state index in [0.29, 0.717) is 19.4 Å². The quantitative estimate of drug-likeness (QED) is 0.557. The second-order valence-corrected chi connectivity index (χ2v) is 3.43. The first-order chi connectivity index (χ1) is 7.54. The first-order valence-corrected chi connectivity index (χ1v) is 5.59. The van der Waals surface area contributed by atoms with E-state index in [4.69, 9.17) is 15.3 Å². The number of carbonyl (C=O) groups is 2. The summed E-state index contributed by atoms with van der Waals surface area (Å²) in [7, 11) is 0. The van der Waals surface area contributed by atoms with Gasteiger partial charge in [0.15, 0.2) is 0 Å². The highest BCUT2D eigenvalue weighted by Gasteiger charge is 1.99. The molecule has 5 heteroatoms. The van der Waals surface area contributed by atoms with Gasteiger partial charge in [0.2, 0.25) is 0 Å². The summed E-state index contributed by atoms with van der Waals surface area (Å²) in [5.74, 6) is -1.74. The van der Waals surface area contributed by atoms with Crippen molar-refractivity contribution in [1.82, 2.24) is 0 Å². The van der Waals surface area contributed by atoms with Crippen LogP contribution in [0.3, 0.4) is 0 Å². The maximum absolute atomic E-state index is 9.90. The highest BCUT2D eigenvalue weighted by Crippen LogP contribution is 1.98. The SMILES string of the molecule is CCCCCO.O=C(O)CCCCC(=O)O. The molecule has 0 spiro atoms. The first-order valence-electron chi connectivity index (χ1n) is 5.59. The summed E-state index contributed by atoms with van der Waals surface area (Å²) in [5.41, 5.74) is 0. The van der Waals surface area contributed by atoms with Gasteiger partial charge in [0.25, 0.3) is 0 Å². The number of aliphatic hydroxyl groups is 1. The van der Waals surface area contributed by atoms with Crippen molar-refractivity contribution in [3.05, 3.63) is 0 Å². The van der Waals surface area contributed by atoms with Crippen molar-refractivity contribution in [2.75, 3.05) is 6.61 Å². The molecule has 0 bridgehead atoms. The Hall–Kier alpha value is -1.10. The van der Waals surface area contributed by atoms with Crippen LogP contribution in [0.5, 0.6) is 0 Å². The Morgan fingerprint density at radius 1 is 0.875 bits per heavy atom. The molecule has 0 unspecified atom stereocenters. The maximum Gasteiger partial charge on any atom is 0.303 e. The van der Waals surface area contributed by atoms with Crippen molar-refractivity contribution in [1.29, 1.82) is 0 Å². The van der Waals surface area contributed by atoms with Gasteiger partial charge in [-0.25, -0.2) is 0 Å². The van der Waals surface area contributed by atoms with E-state index in [-0.39, 0.29) is 12.8 Å². The van der Waals surface area contributed by atoms with Crippen LogP contribution in [0.15, 0.2) is 0 Å². The van der Waals surface area contributed by atoms with Crippen LogP contribution in [-0.2, 0) is 9.59 Å². The standard InChI is InChI=1S/C6H10O4.C5H12O/c7-5(8)3-1-2-4-6(9)10;1-2-3-4-5-6/h1-4H2,(H,7,8)(H,9,10);6H,2-5H2,1H3. The molecule has 0 atom stereocenters. The van der Waals surface area contributed by atoms with E-state index in [9.17, 15) is 9.59 Å². The molecule has 3 N–H and O–H groups in total. The third kappa shape index (κ3) is 23.1. The fourth-order valence-electron chi connectivity index (χ4n) is 0.914. The van der Waals surface area contributed by atoms with Crippen LogP contribution in [0.2, 0.25) is 0 Å². The first kappa shape index (κ1) is 17.3. The molecule has 0 amide bonds. The smallest absolute Gasteiger partial charge is 0.303 e. The van der Waals surface area contributed by atoms with Gasteiger partial charge in [0.1, 0.15) is 0 Å². The van der Waals surface area contributed by atoms with Crippen molar-refractivity contribution in [3.8, 4) is 0 Å². The third-order valence-corrected chi connectivity index (χ3v) is 1.79. The van der Waals surface area contributed by atoms with E-state index >= 15 is 0 Å². The van der Waals surface area contributed by atoms with E-state index in [1.165, 1.54) is 6.42 Å². The zero-order chi connectivity index (χ0) is 12.8. The number of unbranched alkanes of at least 4 members (excludes halogenated alkanes) is 3. The fourth-order valence-corrected chi connectivity index (χ4v) is 0.914. The molecular formula is C11H22O5. The Labute approximate surface area is 96.1 Å². The number of carboxylic acid groups (broad SMARTS) is 2. The summed E-state index contributed by atoms with van der Waals surface area (Å²) in [6, 6.07) is 0. The van der Waals surface area contributed by atoms with Gasteiger partial charge in [-0.2, -0.15) is 0 Å². The number of rotatable bonds is 8. The van der Waals surface area contributed by atoms with Gasteiger partial charge in [0, 0.05) is 19.4 Å². The Bertz CT molecular complexity index is 159. The second kappa shape index (κ2) is 13.9. The lowest BCUT2D eigenvalue weighted by Gasteiger charge is -1.92. The summed E-state index contributed by atoms with van der Waals surface area (Å²) < 4.78 is 0. The molecule has 0 rings (SSSR count).